The van der Waals surface area contributed by atoms with Crippen LogP contribution < -0.4 is 15.1 Å². The number of amides is 3. The molecule has 6 rings (SSSR count). The standard InChI is InChI=1S/C28H22N4O6S2/c1-28(2)21-22(25(35)31(24(21)34)16-10-12-17(13-11-16)32(37)38)39-26-23(28)40-27(36)30(26)14-20(33)29-19-9-5-7-15-6-3-4-8-18(15)19/h3-13,21-22H,14H2,1-2H3,(H,29,33). The largest absolute Gasteiger partial charge is 0.324 e. The van der Waals surface area contributed by atoms with Crippen molar-refractivity contribution in [3.05, 3.63) is 91.4 Å². The van der Waals surface area contributed by atoms with E-state index in [1.165, 1.54) is 28.8 Å². The monoisotopic (exact) mass is 574 g/mol. The third-order valence-corrected chi connectivity index (χ3v) is 10.2. The van der Waals surface area contributed by atoms with Crippen LogP contribution in [0.25, 0.3) is 10.8 Å². The fraction of sp³-hybridized carbons (Fsp3) is 0.214. The lowest BCUT2D eigenvalue weighted by molar-refractivity contribution is -0.384. The number of aromatic nitrogens is 1. The summed E-state index contributed by atoms with van der Waals surface area (Å²) in [5.74, 6) is -2.02. The van der Waals surface area contributed by atoms with Gasteiger partial charge >= 0.3 is 4.87 Å². The van der Waals surface area contributed by atoms with Gasteiger partial charge in [0.15, 0.2) is 0 Å². The lowest BCUT2D eigenvalue weighted by Crippen LogP contribution is -2.41. The van der Waals surface area contributed by atoms with E-state index in [9.17, 15) is 29.3 Å². The number of carbonyl (C=O) groups excluding carboxylic acids is 3. The Bertz CT molecular complexity index is 1790. The van der Waals surface area contributed by atoms with Crippen molar-refractivity contribution in [2.24, 2.45) is 5.92 Å². The van der Waals surface area contributed by atoms with Crippen molar-refractivity contribution in [2.75, 3.05) is 10.2 Å². The van der Waals surface area contributed by atoms with E-state index in [0.717, 1.165) is 38.8 Å². The molecule has 1 saturated heterocycles. The van der Waals surface area contributed by atoms with Crippen LogP contribution in [0.15, 0.2) is 76.6 Å². The van der Waals surface area contributed by atoms with Crippen LogP contribution in [0.5, 0.6) is 0 Å². The van der Waals surface area contributed by atoms with Gasteiger partial charge in [0, 0.05) is 33.5 Å². The Kier molecular flexibility index (Phi) is 6.11. The van der Waals surface area contributed by atoms with Crippen molar-refractivity contribution in [1.29, 1.82) is 0 Å². The molecule has 0 spiro atoms. The van der Waals surface area contributed by atoms with E-state index in [0.29, 0.717) is 15.6 Å². The fourth-order valence-electron chi connectivity index (χ4n) is 5.41. The molecule has 1 aromatic heterocycles. The first-order valence-corrected chi connectivity index (χ1v) is 14.1. The molecule has 202 valence electrons. The molecule has 3 amide bonds. The molecule has 2 aliphatic heterocycles. The molecule has 0 radical (unpaired) electrons. The van der Waals surface area contributed by atoms with E-state index >= 15 is 0 Å². The first-order chi connectivity index (χ1) is 19.1. The summed E-state index contributed by atoms with van der Waals surface area (Å²) in [5.41, 5.74) is -0.137. The highest BCUT2D eigenvalue weighted by Crippen LogP contribution is 2.54. The quantitative estimate of drug-likeness (QED) is 0.210. The molecule has 2 atom stereocenters. The number of carbonyl (C=O) groups is 3. The zero-order valence-corrected chi connectivity index (χ0v) is 23.0. The number of nitrogens with one attached hydrogen (secondary N) is 1. The molecular formula is C28H22N4O6S2. The first-order valence-electron chi connectivity index (χ1n) is 12.4. The van der Waals surface area contributed by atoms with Crippen molar-refractivity contribution < 1.29 is 19.3 Å². The van der Waals surface area contributed by atoms with Gasteiger partial charge in [0.1, 0.15) is 11.8 Å². The number of anilines is 2. The highest BCUT2D eigenvalue weighted by molar-refractivity contribution is 8.00. The van der Waals surface area contributed by atoms with Gasteiger partial charge in [-0.2, -0.15) is 0 Å². The maximum absolute atomic E-state index is 13.6. The van der Waals surface area contributed by atoms with Crippen LogP contribution in [0.3, 0.4) is 0 Å². The van der Waals surface area contributed by atoms with Gasteiger partial charge in [-0.1, -0.05) is 73.3 Å². The Balaban J connectivity index is 1.30. The van der Waals surface area contributed by atoms with Gasteiger partial charge in [-0.05, 0) is 23.6 Å². The molecular weight excluding hydrogens is 552 g/mol. The molecule has 3 aromatic carbocycles. The van der Waals surface area contributed by atoms with Crippen LogP contribution in [0.4, 0.5) is 17.1 Å². The molecule has 12 heteroatoms. The van der Waals surface area contributed by atoms with E-state index < -0.39 is 33.3 Å². The minimum absolute atomic E-state index is 0.150. The number of nitro groups is 1. The molecule has 0 aliphatic carbocycles. The van der Waals surface area contributed by atoms with E-state index in [-0.39, 0.29) is 28.7 Å². The zero-order chi connectivity index (χ0) is 28.3. The molecule has 1 fully saturated rings. The molecule has 10 nitrogen and oxygen atoms in total. The number of hydrogen-bond acceptors (Lipinski definition) is 8. The molecule has 2 unspecified atom stereocenters. The number of thioether (sulfide) groups is 1. The van der Waals surface area contributed by atoms with E-state index in [1.807, 2.05) is 50.2 Å². The number of hydrogen-bond donors (Lipinski definition) is 1. The predicted molar refractivity (Wildman–Crippen MR) is 153 cm³/mol. The van der Waals surface area contributed by atoms with Gasteiger partial charge in [-0.15, -0.1) is 0 Å². The smallest absolute Gasteiger partial charge is 0.308 e. The second kappa shape index (κ2) is 9.42. The molecule has 3 heterocycles. The maximum atomic E-state index is 13.6. The Morgan fingerprint density at radius 3 is 2.42 bits per heavy atom. The number of imide groups is 1. The summed E-state index contributed by atoms with van der Waals surface area (Å²) < 4.78 is 1.37. The van der Waals surface area contributed by atoms with E-state index in [4.69, 9.17) is 0 Å². The highest BCUT2D eigenvalue weighted by Gasteiger charge is 2.59. The van der Waals surface area contributed by atoms with Gasteiger partial charge < -0.3 is 5.32 Å². The van der Waals surface area contributed by atoms with Crippen LogP contribution in [-0.2, 0) is 26.3 Å². The minimum Gasteiger partial charge on any atom is -0.324 e. The van der Waals surface area contributed by atoms with Gasteiger partial charge in [-0.3, -0.25) is 33.9 Å². The number of thiazole rings is 1. The average molecular weight is 575 g/mol. The normalized spacial score (nSPS) is 19.4. The summed E-state index contributed by atoms with van der Waals surface area (Å²) in [6, 6.07) is 18.5. The Hall–Kier alpha value is -4.29. The number of rotatable bonds is 5. The molecule has 0 saturated carbocycles. The maximum Gasteiger partial charge on any atom is 0.308 e. The van der Waals surface area contributed by atoms with Crippen molar-refractivity contribution in [2.45, 2.75) is 36.1 Å². The molecule has 2 aliphatic rings. The van der Waals surface area contributed by atoms with Crippen molar-refractivity contribution in [3.8, 4) is 0 Å². The van der Waals surface area contributed by atoms with Crippen LogP contribution >= 0.6 is 23.1 Å². The summed E-state index contributed by atoms with van der Waals surface area (Å²) in [7, 11) is 0. The van der Waals surface area contributed by atoms with Crippen LogP contribution in [0.2, 0.25) is 0 Å². The summed E-state index contributed by atoms with van der Waals surface area (Å²) >= 11 is 2.10. The second-order valence-electron chi connectivity index (χ2n) is 10.2. The number of nitrogens with zero attached hydrogens (tertiary/aromatic N) is 3. The summed E-state index contributed by atoms with van der Waals surface area (Å²) in [5, 5.41) is 15.5. The van der Waals surface area contributed by atoms with Gasteiger partial charge in [0.25, 0.3) is 5.69 Å². The molecule has 0 bridgehead atoms. The molecule has 1 N–H and O–H groups in total. The third-order valence-electron chi connectivity index (χ3n) is 7.39. The highest BCUT2D eigenvalue weighted by atomic mass is 32.2. The number of fused-ring (bicyclic) bond motifs is 3. The zero-order valence-electron chi connectivity index (χ0n) is 21.3. The van der Waals surface area contributed by atoms with Gasteiger partial charge in [0.2, 0.25) is 17.7 Å². The van der Waals surface area contributed by atoms with Crippen molar-refractivity contribution >= 4 is 68.7 Å². The van der Waals surface area contributed by atoms with E-state index in [1.54, 1.807) is 6.07 Å². The van der Waals surface area contributed by atoms with Crippen LogP contribution in [-0.4, -0.2) is 32.5 Å². The molecule has 40 heavy (non-hydrogen) atoms. The summed E-state index contributed by atoms with van der Waals surface area (Å²) in [6.45, 7) is 3.40. The fourth-order valence-corrected chi connectivity index (χ4v) is 8.45. The average Bonchev–Trinajstić information content (AvgIpc) is 3.38. The predicted octanol–water partition coefficient (Wildman–Crippen LogP) is 4.55. The van der Waals surface area contributed by atoms with Crippen LogP contribution in [0, 0.1) is 16.0 Å². The van der Waals surface area contributed by atoms with Crippen molar-refractivity contribution in [3.63, 3.8) is 0 Å². The summed E-state index contributed by atoms with van der Waals surface area (Å²) in [6.07, 6.45) is 0. The Labute approximate surface area is 235 Å². The number of benzene rings is 3. The van der Waals surface area contributed by atoms with Gasteiger partial charge in [-0.25, -0.2) is 4.90 Å². The minimum atomic E-state index is -0.866. The number of non-ortho nitro benzene ring substituents is 1. The van der Waals surface area contributed by atoms with Gasteiger partial charge in [0.05, 0.1) is 21.6 Å². The Morgan fingerprint density at radius 1 is 1.00 bits per heavy atom. The SMILES string of the molecule is CC1(C)c2sc(=O)n(CC(=O)Nc3cccc4ccccc34)c2SC2C(=O)N(c3ccc([N+](=O)[O-])cc3)C(=O)C21. The topological polar surface area (TPSA) is 132 Å². The van der Waals surface area contributed by atoms with Crippen molar-refractivity contribution in [1.82, 2.24) is 4.57 Å². The van der Waals surface area contributed by atoms with E-state index in [2.05, 4.69) is 5.32 Å². The number of nitro benzene ring substituents is 1. The lowest BCUT2D eigenvalue weighted by atomic mass is 9.76. The van der Waals surface area contributed by atoms with Crippen LogP contribution in [0.1, 0.15) is 18.7 Å². The second-order valence-corrected chi connectivity index (χ2v) is 12.3. The summed E-state index contributed by atoms with van der Waals surface area (Å²) in [4.78, 5) is 65.2. The third kappa shape index (κ3) is 4.02. The first kappa shape index (κ1) is 26.0. The lowest BCUT2D eigenvalue weighted by Gasteiger charge is -2.36. The molecule has 4 aromatic rings. The Morgan fingerprint density at radius 2 is 1.70 bits per heavy atom.